The van der Waals surface area contributed by atoms with Crippen molar-refractivity contribution in [3.05, 3.63) is 70.3 Å². The predicted octanol–water partition coefficient (Wildman–Crippen LogP) is 3.05. The average molecular weight is 409 g/mol. The molecule has 1 aliphatic rings. The van der Waals surface area contributed by atoms with Crippen LogP contribution in [0.1, 0.15) is 23.2 Å². The van der Waals surface area contributed by atoms with Gasteiger partial charge in [-0.05, 0) is 62.3 Å². The highest BCUT2D eigenvalue weighted by Crippen LogP contribution is 2.23. The third kappa shape index (κ3) is 4.26. The van der Waals surface area contributed by atoms with Crippen molar-refractivity contribution >= 4 is 16.6 Å². The standard InChI is InChI=1S/C23H24FN3O3/c1-26-23(29)20-5-3-2-4-19(20)22(25-26)30-15-14-27-12-10-17(11-13-27)21(28)16-6-8-18(24)9-7-16/h2-9,17H,10-15H2,1H3. The van der Waals surface area contributed by atoms with Crippen molar-refractivity contribution in [3.63, 3.8) is 0 Å². The molecule has 0 atom stereocenters. The number of ether oxygens (including phenoxy) is 1. The van der Waals surface area contributed by atoms with Crippen molar-refractivity contribution in [2.24, 2.45) is 13.0 Å². The van der Waals surface area contributed by atoms with Gasteiger partial charge in [-0.2, -0.15) is 0 Å². The van der Waals surface area contributed by atoms with Crippen LogP contribution in [0.2, 0.25) is 0 Å². The van der Waals surface area contributed by atoms with Gasteiger partial charge in [0.1, 0.15) is 12.4 Å². The molecule has 0 bridgehead atoms. The molecular weight excluding hydrogens is 385 g/mol. The molecule has 1 aliphatic heterocycles. The molecule has 1 aromatic heterocycles. The predicted molar refractivity (Wildman–Crippen MR) is 112 cm³/mol. The normalized spacial score (nSPS) is 15.4. The van der Waals surface area contributed by atoms with E-state index < -0.39 is 0 Å². The van der Waals surface area contributed by atoms with E-state index in [0.717, 1.165) is 32.5 Å². The van der Waals surface area contributed by atoms with Crippen molar-refractivity contribution in [1.29, 1.82) is 0 Å². The molecule has 2 aromatic carbocycles. The average Bonchev–Trinajstić information content (AvgIpc) is 2.77. The number of rotatable bonds is 6. The molecule has 0 radical (unpaired) electrons. The van der Waals surface area contributed by atoms with E-state index in [-0.39, 0.29) is 23.1 Å². The van der Waals surface area contributed by atoms with E-state index in [1.807, 2.05) is 18.2 Å². The fraction of sp³-hybridized carbons (Fsp3) is 0.348. The molecule has 7 heteroatoms. The summed E-state index contributed by atoms with van der Waals surface area (Å²) in [4.78, 5) is 27.1. The van der Waals surface area contributed by atoms with Crippen molar-refractivity contribution < 1.29 is 13.9 Å². The Bertz CT molecular complexity index is 1100. The number of aryl methyl sites for hydroxylation is 1. The first-order valence-electron chi connectivity index (χ1n) is 10.1. The van der Waals surface area contributed by atoms with E-state index in [1.165, 1.54) is 16.8 Å². The lowest BCUT2D eigenvalue weighted by Gasteiger charge is -2.31. The van der Waals surface area contributed by atoms with E-state index in [9.17, 15) is 14.0 Å². The monoisotopic (exact) mass is 409 g/mol. The molecular formula is C23H24FN3O3. The molecule has 0 amide bonds. The summed E-state index contributed by atoms with van der Waals surface area (Å²) >= 11 is 0. The van der Waals surface area contributed by atoms with Gasteiger partial charge in [-0.1, -0.05) is 12.1 Å². The minimum absolute atomic E-state index is 0.0260. The number of Topliss-reactive ketones (excluding diaryl/α,β-unsaturated/α-hetero) is 1. The van der Waals surface area contributed by atoms with Crippen molar-refractivity contribution in [2.75, 3.05) is 26.2 Å². The number of piperidine rings is 1. The highest BCUT2D eigenvalue weighted by molar-refractivity contribution is 5.97. The first-order valence-corrected chi connectivity index (χ1v) is 10.1. The largest absolute Gasteiger partial charge is 0.475 e. The van der Waals surface area contributed by atoms with Crippen LogP contribution in [0.3, 0.4) is 0 Å². The lowest BCUT2D eigenvalue weighted by atomic mass is 9.89. The molecule has 0 unspecified atom stereocenters. The maximum Gasteiger partial charge on any atom is 0.274 e. The fourth-order valence-corrected chi connectivity index (χ4v) is 3.91. The summed E-state index contributed by atoms with van der Waals surface area (Å²) in [5, 5.41) is 5.55. The van der Waals surface area contributed by atoms with Crippen LogP contribution in [0.25, 0.3) is 10.8 Å². The Hall–Kier alpha value is -3.06. The van der Waals surface area contributed by atoms with Crippen LogP contribution in [-0.4, -0.2) is 46.7 Å². The summed E-state index contributed by atoms with van der Waals surface area (Å²) in [6, 6.07) is 13.1. The van der Waals surface area contributed by atoms with E-state index in [0.29, 0.717) is 28.8 Å². The minimum atomic E-state index is -0.331. The molecule has 156 valence electrons. The van der Waals surface area contributed by atoms with Crippen LogP contribution >= 0.6 is 0 Å². The highest BCUT2D eigenvalue weighted by Gasteiger charge is 2.25. The number of likely N-dealkylation sites (tertiary alicyclic amines) is 1. The van der Waals surface area contributed by atoms with Gasteiger partial charge in [0.25, 0.3) is 5.56 Å². The number of hydrogen-bond donors (Lipinski definition) is 0. The maximum absolute atomic E-state index is 13.1. The van der Waals surface area contributed by atoms with Crippen molar-refractivity contribution in [2.45, 2.75) is 12.8 Å². The second-order valence-corrected chi connectivity index (χ2v) is 7.62. The zero-order valence-electron chi connectivity index (χ0n) is 16.9. The van der Waals surface area contributed by atoms with Gasteiger partial charge in [0.15, 0.2) is 5.78 Å². The van der Waals surface area contributed by atoms with Gasteiger partial charge < -0.3 is 4.74 Å². The molecule has 0 N–H and O–H groups in total. The maximum atomic E-state index is 13.1. The number of carbonyl (C=O) groups is 1. The van der Waals surface area contributed by atoms with Crippen LogP contribution in [0.5, 0.6) is 5.88 Å². The van der Waals surface area contributed by atoms with Gasteiger partial charge >= 0.3 is 0 Å². The Balaban J connectivity index is 1.31. The SMILES string of the molecule is Cn1nc(OCCN2CCC(C(=O)c3ccc(F)cc3)CC2)c2ccccc2c1=O. The van der Waals surface area contributed by atoms with Crippen molar-refractivity contribution in [3.8, 4) is 5.88 Å². The van der Waals surface area contributed by atoms with Gasteiger partial charge in [0, 0.05) is 25.1 Å². The summed E-state index contributed by atoms with van der Waals surface area (Å²) in [6.07, 6.45) is 1.55. The third-order valence-corrected chi connectivity index (χ3v) is 5.66. The molecule has 2 heterocycles. The third-order valence-electron chi connectivity index (χ3n) is 5.66. The molecule has 30 heavy (non-hydrogen) atoms. The van der Waals surface area contributed by atoms with Gasteiger partial charge in [0.05, 0.1) is 10.8 Å². The summed E-state index contributed by atoms with van der Waals surface area (Å²) in [5.41, 5.74) is 0.427. The van der Waals surface area contributed by atoms with Crippen LogP contribution in [0, 0.1) is 11.7 Å². The first kappa shape index (κ1) is 20.2. The topological polar surface area (TPSA) is 64.4 Å². The van der Waals surface area contributed by atoms with Crippen LogP contribution in [0.15, 0.2) is 53.3 Å². The lowest BCUT2D eigenvalue weighted by Crippen LogP contribution is -2.38. The number of ketones is 1. The zero-order chi connectivity index (χ0) is 21.1. The number of aromatic nitrogens is 2. The lowest BCUT2D eigenvalue weighted by molar-refractivity contribution is 0.0827. The Labute approximate surface area is 173 Å². The van der Waals surface area contributed by atoms with Crippen LogP contribution in [0.4, 0.5) is 4.39 Å². The van der Waals surface area contributed by atoms with E-state index in [4.69, 9.17) is 4.74 Å². The number of halogens is 1. The zero-order valence-corrected chi connectivity index (χ0v) is 16.9. The summed E-state index contributed by atoms with van der Waals surface area (Å²) < 4.78 is 20.3. The minimum Gasteiger partial charge on any atom is -0.475 e. The fourth-order valence-electron chi connectivity index (χ4n) is 3.91. The van der Waals surface area contributed by atoms with Gasteiger partial charge in [-0.3, -0.25) is 14.5 Å². The van der Waals surface area contributed by atoms with E-state index in [2.05, 4.69) is 10.00 Å². The molecule has 6 nitrogen and oxygen atoms in total. The van der Waals surface area contributed by atoms with Gasteiger partial charge in [-0.15, -0.1) is 5.10 Å². The van der Waals surface area contributed by atoms with Crippen LogP contribution < -0.4 is 10.3 Å². The van der Waals surface area contributed by atoms with Crippen LogP contribution in [-0.2, 0) is 7.05 Å². The Kier molecular flexibility index (Phi) is 5.90. The van der Waals surface area contributed by atoms with Gasteiger partial charge in [-0.25, -0.2) is 9.07 Å². The Morgan fingerprint density at radius 1 is 1.10 bits per heavy atom. The molecule has 1 fully saturated rings. The molecule has 0 aliphatic carbocycles. The second kappa shape index (κ2) is 8.75. The number of fused-ring (bicyclic) bond motifs is 1. The van der Waals surface area contributed by atoms with E-state index >= 15 is 0 Å². The Morgan fingerprint density at radius 3 is 2.47 bits per heavy atom. The van der Waals surface area contributed by atoms with Gasteiger partial charge in [0.2, 0.25) is 5.88 Å². The molecule has 0 saturated carbocycles. The number of carbonyl (C=O) groups excluding carboxylic acids is 1. The Morgan fingerprint density at radius 2 is 1.77 bits per heavy atom. The number of nitrogens with zero attached hydrogens (tertiary/aromatic N) is 3. The highest BCUT2D eigenvalue weighted by atomic mass is 19.1. The summed E-state index contributed by atoms with van der Waals surface area (Å²) in [6.45, 7) is 2.78. The number of benzene rings is 2. The van der Waals surface area contributed by atoms with Crippen molar-refractivity contribution in [1.82, 2.24) is 14.7 Å². The smallest absolute Gasteiger partial charge is 0.274 e. The molecule has 3 aromatic rings. The summed E-state index contributed by atoms with van der Waals surface area (Å²) in [5.74, 6) is 0.185. The first-order chi connectivity index (χ1) is 14.5. The second-order valence-electron chi connectivity index (χ2n) is 7.62. The quantitative estimate of drug-likeness (QED) is 0.586. The molecule has 1 saturated heterocycles. The summed E-state index contributed by atoms with van der Waals surface area (Å²) in [7, 11) is 1.62. The molecule has 0 spiro atoms. The number of hydrogen-bond acceptors (Lipinski definition) is 5. The van der Waals surface area contributed by atoms with E-state index in [1.54, 1.807) is 25.2 Å². The molecule has 4 rings (SSSR count).